The van der Waals surface area contributed by atoms with E-state index in [1.54, 1.807) is 6.07 Å². The van der Waals surface area contributed by atoms with Crippen molar-refractivity contribution in [1.29, 1.82) is 0 Å². The highest BCUT2D eigenvalue weighted by molar-refractivity contribution is 5.66. The molecule has 2 aromatic carbocycles. The molecule has 2 aromatic rings. The minimum Gasteiger partial charge on any atom is -0.466 e. The smallest absolute Gasteiger partial charge is 0.302 e. The van der Waals surface area contributed by atoms with Crippen LogP contribution in [0.25, 0.3) is 11.1 Å². The first kappa shape index (κ1) is 13.3. The number of hydrogen-bond donors (Lipinski definition) is 0. The Labute approximate surface area is 111 Å². The van der Waals surface area contributed by atoms with Gasteiger partial charge in [0.25, 0.3) is 0 Å². The van der Waals surface area contributed by atoms with Gasteiger partial charge in [0.2, 0.25) is 0 Å². The van der Waals surface area contributed by atoms with Crippen LogP contribution in [0.3, 0.4) is 0 Å². The Morgan fingerprint density at radius 1 is 1.16 bits per heavy atom. The van der Waals surface area contributed by atoms with E-state index >= 15 is 0 Å². The minimum absolute atomic E-state index is 0.258. The van der Waals surface area contributed by atoms with Gasteiger partial charge in [-0.25, -0.2) is 4.39 Å². The molecule has 0 aromatic heterocycles. The molecule has 19 heavy (non-hydrogen) atoms. The van der Waals surface area contributed by atoms with Gasteiger partial charge in [0.15, 0.2) is 0 Å². The molecule has 0 spiro atoms. The van der Waals surface area contributed by atoms with Gasteiger partial charge in [-0.1, -0.05) is 42.5 Å². The maximum absolute atomic E-state index is 14.0. The van der Waals surface area contributed by atoms with Crippen LogP contribution in [-0.4, -0.2) is 12.6 Å². The average molecular weight is 258 g/mol. The molecular weight excluding hydrogens is 243 g/mol. The van der Waals surface area contributed by atoms with Crippen LogP contribution in [0.4, 0.5) is 4.39 Å². The Balaban J connectivity index is 2.11. The molecule has 0 N–H and O–H groups in total. The minimum atomic E-state index is -0.318. The number of halogens is 1. The number of rotatable bonds is 4. The van der Waals surface area contributed by atoms with Gasteiger partial charge in [-0.2, -0.15) is 0 Å². The molecule has 0 fully saturated rings. The number of hydrogen-bond acceptors (Lipinski definition) is 2. The zero-order chi connectivity index (χ0) is 13.7. The van der Waals surface area contributed by atoms with Crippen LogP contribution in [0.2, 0.25) is 0 Å². The lowest BCUT2D eigenvalue weighted by atomic mass is 10.0. The highest BCUT2D eigenvalue weighted by Gasteiger charge is 2.06. The quantitative estimate of drug-likeness (QED) is 0.783. The normalized spacial score (nSPS) is 10.2. The molecule has 0 radical (unpaired) electrons. The maximum Gasteiger partial charge on any atom is 0.302 e. The van der Waals surface area contributed by atoms with E-state index in [-0.39, 0.29) is 18.4 Å². The average Bonchev–Trinajstić information content (AvgIpc) is 2.39. The Bertz CT molecular complexity index is 564. The van der Waals surface area contributed by atoms with E-state index in [9.17, 15) is 9.18 Å². The number of benzene rings is 2. The van der Waals surface area contributed by atoms with Crippen molar-refractivity contribution in [3.05, 3.63) is 59.9 Å². The van der Waals surface area contributed by atoms with E-state index in [0.717, 1.165) is 11.1 Å². The van der Waals surface area contributed by atoms with Crippen molar-refractivity contribution >= 4 is 5.97 Å². The summed E-state index contributed by atoms with van der Waals surface area (Å²) in [7, 11) is 0. The van der Waals surface area contributed by atoms with E-state index in [4.69, 9.17) is 4.74 Å². The van der Waals surface area contributed by atoms with Crippen molar-refractivity contribution < 1.29 is 13.9 Å². The van der Waals surface area contributed by atoms with E-state index < -0.39 is 0 Å². The van der Waals surface area contributed by atoms with Crippen molar-refractivity contribution in [1.82, 2.24) is 0 Å². The fourth-order valence-corrected chi connectivity index (χ4v) is 1.88. The third kappa shape index (κ3) is 3.65. The molecule has 0 unspecified atom stereocenters. The van der Waals surface area contributed by atoms with Gasteiger partial charge in [0, 0.05) is 18.9 Å². The van der Waals surface area contributed by atoms with Gasteiger partial charge < -0.3 is 4.74 Å². The molecular formula is C16H15FO2. The molecule has 0 aliphatic heterocycles. The predicted octanol–water partition coefficient (Wildman–Crippen LogP) is 3.60. The summed E-state index contributed by atoms with van der Waals surface area (Å²) in [4.78, 5) is 10.6. The summed E-state index contributed by atoms with van der Waals surface area (Å²) in [6.07, 6.45) is 0.519. The first-order chi connectivity index (χ1) is 9.16. The molecule has 0 bridgehead atoms. The SMILES string of the molecule is CC(=O)OCCc1ccc(-c2ccccc2)c(F)c1. The molecule has 0 aliphatic rings. The summed E-state index contributed by atoms with van der Waals surface area (Å²) >= 11 is 0. The standard InChI is InChI=1S/C16H15FO2/c1-12(18)19-10-9-13-7-8-15(16(17)11-13)14-5-3-2-4-6-14/h2-8,11H,9-10H2,1H3. The van der Waals surface area contributed by atoms with E-state index in [1.165, 1.54) is 13.0 Å². The lowest BCUT2D eigenvalue weighted by Gasteiger charge is -2.07. The van der Waals surface area contributed by atoms with Gasteiger partial charge in [-0.3, -0.25) is 4.79 Å². The van der Waals surface area contributed by atoms with Gasteiger partial charge in [0.05, 0.1) is 6.61 Å². The van der Waals surface area contributed by atoms with Crippen LogP contribution in [0.1, 0.15) is 12.5 Å². The number of ether oxygens (including phenoxy) is 1. The molecule has 2 nitrogen and oxygen atoms in total. The van der Waals surface area contributed by atoms with Crippen molar-refractivity contribution in [2.75, 3.05) is 6.61 Å². The van der Waals surface area contributed by atoms with Crippen LogP contribution in [0.15, 0.2) is 48.5 Å². The van der Waals surface area contributed by atoms with Crippen molar-refractivity contribution in [3.63, 3.8) is 0 Å². The summed E-state index contributed by atoms with van der Waals surface area (Å²) in [6.45, 7) is 1.64. The number of esters is 1. The van der Waals surface area contributed by atoms with E-state index in [0.29, 0.717) is 12.0 Å². The first-order valence-corrected chi connectivity index (χ1v) is 6.14. The second-order valence-corrected chi connectivity index (χ2v) is 4.27. The van der Waals surface area contributed by atoms with Crippen LogP contribution in [0, 0.1) is 5.82 Å². The van der Waals surface area contributed by atoms with Crippen molar-refractivity contribution in [2.24, 2.45) is 0 Å². The second kappa shape index (κ2) is 6.14. The molecule has 0 amide bonds. The molecule has 3 heteroatoms. The fraction of sp³-hybridized carbons (Fsp3) is 0.188. The summed E-state index contributed by atoms with van der Waals surface area (Å²) in [5, 5.41) is 0. The van der Waals surface area contributed by atoms with Crippen LogP contribution < -0.4 is 0 Å². The highest BCUT2D eigenvalue weighted by Crippen LogP contribution is 2.23. The summed E-state index contributed by atoms with van der Waals surface area (Å²) in [5.41, 5.74) is 2.25. The van der Waals surface area contributed by atoms with Gasteiger partial charge in [0.1, 0.15) is 5.82 Å². The lowest BCUT2D eigenvalue weighted by Crippen LogP contribution is -2.03. The monoisotopic (exact) mass is 258 g/mol. The Morgan fingerprint density at radius 2 is 1.89 bits per heavy atom. The van der Waals surface area contributed by atoms with Crippen molar-refractivity contribution in [3.8, 4) is 11.1 Å². The van der Waals surface area contributed by atoms with E-state index in [1.807, 2.05) is 36.4 Å². The fourth-order valence-electron chi connectivity index (χ4n) is 1.88. The number of carbonyl (C=O) groups excluding carboxylic acids is 1. The number of carbonyl (C=O) groups is 1. The van der Waals surface area contributed by atoms with Gasteiger partial charge in [-0.15, -0.1) is 0 Å². The molecule has 0 aliphatic carbocycles. The van der Waals surface area contributed by atoms with Crippen LogP contribution >= 0.6 is 0 Å². The molecule has 0 heterocycles. The zero-order valence-corrected chi connectivity index (χ0v) is 10.7. The zero-order valence-electron chi connectivity index (χ0n) is 10.7. The molecule has 0 saturated carbocycles. The largest absolute Gasteiger partial charge is 0.466 e. The van der Waals surface area contributed by atoms with Gasteiger partial charge >= 0.3 is 5.97 Å². The Hall–Kier alpha value is -2.16. The van der Waals surface area contributed by atoms with Gasteiger partial charge in [-0.05, 0) is 17.2 Å². The third-order valence-corrected chi connectivity index (χ3v) is 2.81. The molecule has 2 rings (SSSR count). The summed E-state index contributed by atoms with van der Waals surface area (Å²) in [5.74, 6) is -0.576. The first-order valence-electron chi connectivity index (χ1n) is 6.14. The molecule has 0 saturated heterocycles. The topological polar surface area (TPSA) is 26.3 Å². The molecule has 98 valence electrons. The maximum atomic E-state index is 14.0. The molecule has 0 atom stereocenters. The summed E-state index contributed by atoms with van der Waals surface area (Å²) < 4.78 is 18.9. The Morgan fingerprint density at radius 3 is 2.53 bits per heavy atom. The van der Waals surface area contributed by atoms with Crippen LogP contribution in [-0.2, 0) is 16.0 Å². The van der Waals surface area contributed by atoms with Crippen molar-refractivity contribution in [2.45, 2.75) is 13.3 Å². The Kier molecular flexibility index (Phi) is 4.29. The van der Waals surface area contributed by atoms with Crippen LogP contribution in [0.5, 0.6) is 0 Å². The lowest BCUT2D eigenvalue weighted by molar-refractivity contribution is -0.140. The predicted molar refractivity (Wildman–Crippen MR) is 72.2 cm³/mol. The highest BCUT2D eigenvalue weighted by atomic mass is 19.1. The second-order valence-electron chi connectivity index (χ2n) is 4.27. The summed E-state index contributed by atoms with van der Waals surface area (Å²) in [6, 6.07) is 14.5. The third-order valence-electron chi connectivity index (χ3n) is 2.81. The van der Waals surface area contributed by atoms with E-state index in [2.05, 4.69) is 0 Å².